The zero-order valence-electron chi connectivity index (χ0n) is 15.4. The van der Waals surface area contributed by atoms with Gasteiger partial charge in [0.2, 0.25) is 0 Å². The number of hydrogen-bond acceptors (Lipinski definition) is 4. The molecule has 0 saturated heterocycles. The number of benzene rings is 1. The number of hydrogen-bond donors (Lipinski definition) is 0. The summed E-state index contributed by atoms with van der Waals surface area (Å²) in [5, 5.41) is 0. The molecule has 0 aliphatic carbocycles. The van der Waals surface area contributed by atoms with Crippen molar-refractivity contribution in [2.24, 2.45) is 0 Å². The minimum absolute atomic E-state index is 0.379. The van der Waals surface area contributed by atoms with Crippen molar-refractivity contribution in [3.63, 3.8) is 0 Å². The Balaban J connectivity index is 3.05. The molecule has 0 aliphatic heterocycles. The lowest BCUT2D eigenvalue weighted by Gasteiger charge is -2.20. The number of esters is 1. The molecule has 136 valence electrons. The van der Waals surface area contributed by atoms with Gasteiger partial charge < -0.3 is 14.2 Å². The summed E-state index contributed by atoms with van der Waals surface area (Å²) in [4.78, 5) is 12.4. The Bertz CT molecular complexity index is 504. The first-order valence-electron chi connectivity index (χ1n) is 8.61. The van der Waals surface area contributed by atoms with Gasteiger partial charge in [-0.2, -0.15) is 0 Å². The molecule has 0 N–H and O–H groups in total. The minimum atomic E-state index is -0.545. The molecular formula is C19H29BrO4. The highest BCUT2D eigenvalue weighted by Gasteiger charge is 2.21. The highest BCUT2D eigenvalue weighted by Crippen LogP contribution is 2.37. The predicted molar refractivity (Wildman–Crippen MR) is 100 cm³/mol. The van der Waals surface area contributed by atoms with Gasteiger partial charge in [0.1, 0.15) is 21.6 Å². The van der Waals surface area contributed by atoms with Gasteiger partial charge in [-0.15, -0.1) is 0 Å². The Labute approximate surface area is 154 Å². The fourth-order valence-corrected chi connectivity index (χ4v) is 2.35. The van der Waals surface area contributed by atoms with Gasteiger partial charge in [0.25, 0.3) is 0 Å². The molecule has 0 bridgehead atoms. The molecule has 0 radical (unpaired) electrons. The summed E-state index contributed by atoms with van der Waals surface area (Å²) in [7, 11) is 0. The normalized spacial score (nSPS) is 11.2. The molecule has 0 fully saturated rings. The van der Waals surface area contributed by atoms with Gasteiger partial charge in [-0.3, -0.25) is 0 Å². The summed E-state index contributed by atoms with van der Waals surface area (Å²) < 4.78 is 17.8. The standard InChI is InChI=1S/C19H29BrO4/c1-6-8-10-22-15-12-14(18(21)24-19(3,4)5)13-16(17(15)20)23-11-9-7-2/h12-13H,6-11H2,1-5H3. The Hall–Kier alpha value is -1.23. The van der Waals surface area contributed by atoms with E-state index < -0.39 is 5.60 Å². The highest BCUT2D eigenvalue weighted by atomic mass is 79.9. The van der Waals surface area contributed by atoms with Crippen molar-refractivity contribution in [3.8, 4) is 11.5 Å². The van der Waals surface area contributed by atoms with Crippen molar-refractivity contribution in [3.05, 3.63) is 22.2 Å². The van der Waals surface area contributed by atoms with Crippen LogP contribution in [0.5, 0.6) is 11.5 Å². The Morgan fingerprint density at radius 3 is 1.83 bits per heavy atom. The summed E-state index contributed by atoms with van der Waals surface area (Å²) in [6.45, 7) is 11.0. The molecule has 0 unspecified atom stereocenters. The van der Waals surface area contributed by atoms with Gasteiger partial charge in [-0.25, -0.2) is 4.79 Å². The molecule has 1 rings (SSSR count). The lowest BCUT2D eigenvalue weighted by Crippen LogP contribution is -2.24. The summed E-state index contributed by atoms with van der Waals surface area (Å²) in [5.41, 5.74) is -0.109. The van der Waals surface area contributed by atoms with E-state index in [9.17, 15) is 4.79 Å². The van der Waals surface area contributed by atoms with Crippen molar-refractivity contribution >= 4 is 21.9 Å². The Morgan fingerprint density at radius 1 is 1.00 bits per heavy atom. The molecule has 0 aromatic heterocycles. The van der Waals surface area contributed by atoms with Crippen LogP contribution in [0.15, 0.2) is 16.6 Å². The third kappa shape index (κ3) is 7.12. The molecule has 5 heteroatoms. The van der Waals surface area contributed by atoms with Gasteiger partial charge in [0.05, 0.1) is 18.8 Å². The van der Waals surface area contributed by atoms with E-state index in [-0.39, 0.29) is 5.97 Å². The van der Waals surface area contributed by atoms with Crippen molar-refractivity contribution in [2.75, 3.05) is 13.2 Å². The molecule has 0 amide bonds. The van der Waals surface area contributed by atoms with E-state index in [0.29, 0.717) is 30.3 Å². The fraction of sp³-hybridized carbons (Fsp3) is 0.632. The van der Waals surface area contributed by atoms with E-state index in [2.05, 4.69) is 29.8 Å². The second kappa shape index (κ2) is 9.92. The molecule has 0 saturated carbocycles. The van der Waals surface area contributed by atoms with Gasteiger partial charge in [0.15, 0.2) is 0 Å². The van der Waals surface area contributed by atoms with Crippen molar-refractivity contribution in [1.82, 2.24) is 0 Å². The summed E-state index contributed by atoms with van der Waals surface area (Å²) in [6.07, 6.45) is 4.00. The van der Waals surface area contributed by atoms with E-state index in [1.54, 1.807) is 12.1 Å². The van der Waals surface area contributed by atoms with Crippen LogP contribution in [-0.2, 0) is 4.74 Å². The number of carbonyl (C=O) groups excluding carboxylic acids is 1. The first-order chi connectivity index (χ1) is 11.3. The average molecular weight is 401 g/mol. The summed E-state index contributed by atoms with van der Waals surface area (Å²) in [6, 6.07) is 3.42. The third-order valence-electron chi connectivity index (χ3n) is 3.15. The number of ether oxygens (including phenoxy) is 3. The predicted octanol–water partition coefficient (Wildman–Crippen LogP) is 5.76. The number of rotatable bonds is 9. The van der Waals surface area contributed by atoms with Crippen LogP contribution in [0.3, 0.4) is 0 Å². The molecule has 0 atom stereocenters. The molecule has 1 aromatic carbocycles. The van der Waals surface area contributed by atoms with E-state index in [0.717, 1.165) is 30.2 Å². The van der Waals surface area contributed by atoms with Crippen LogP contribution < -0.4 is 9.47 Å². The van der Waals surface area contributed by atoms with E-state index in [4.69, 9.17) is 14.2 Å². The number of halogens is 1. The quantitative estimate of drug-likeness (QED) is 0.390. The lowest BCUT2D eigenvalue weighted by molar-refractivity contribution is 0.00685. The smallest absolute Gasteiger partial charge is 0.338 e. The summed E-state index contributed by atoms with van der Waals surface area (Å²) >= 11 is 3.53. The van der Waals surface area contributed by atoms with Crippen LogP contribution in [0.25, 0.3) is 0 Å². The van der Waals surface area contributed by atoms with Crippen molar-refractivity contribution in [1.29, 1.82) is 0 Å². The molecular weight excluding hydrogens is 372 g/mol. The van der Waals surface area contributed by atoms with Gasteiger partial charge in [-0.1, -0.05) is 26.7 Å². The van der Waals surface area contributed by atoms with Gasteiger partial charge >= 0.3 is 5.97 Å². The highest BCUT2D eigenvalue weighted by molar-refractivity contribution is 9.10. The topological polar surface area (TPSA) is 44.8 Å². The lowest BCUT2D eigenvalue weighted by atomic mass is 10.1. The minimum Gasteiger partial charge on any atom is -0.492 e. The van der Waals surface area contributed by atoms with Crippen molar-refractivity contribution in [2.45, 2.75) is 65.9 Å². The van der Waals surface area contributed by atoms with E-state index in [1.807, 2.05) is 20.8 Å². The average Bonchev–Trinajstić information content (AvgIpc) is 2.49. The molecule has 24 heavy (non-hydrogen) atoms. The third-order valence-corrected chi connectivity index (χ3v) is 3.93. The molecule has 4 nitrogen and oxygen atoms in total. The van der Waals surface area contributed by atoms with Crippen LogP contribution in [0.1, 0.15) is 70.7 Å². The molecule has 0 aliphatic rings. The van der Waals surface area contributed by atoms with Crippen LogP contribution >= 0.6 is 15.9 Å². The second-order valence-electron chi connectivity index (χ2n) is 6.69. The molecule has 0 spiro atoms. The first-order valence-corrected chi connectivity index (χ1v) is 9.40. The van der Waals surface area contributed by atoms with Crippen molar-refractivity contribution < 1.29 is 19.0 Å². The van der Waals surface area contributed by atoms with Crippen LogP contribution in [0.2, 0.25) is 0 Å². The maximum absolute atomic E-state index is 12.4. The largest absolute Gasteiger partial charge is 0.492 e. The van der Waals surface area contributed by atoms with Crippen LogP contribution in [0, 0.1) is 0 Å². The zero-order chi connectivity index (χ0) is 18.2. The van der Waals surface area contributed by atoms with Crippen LogP contribution in [0.4, 0.5) is 0 Å². The summed E-state index contributed by atoms with van der Waals surface area (Å²) in [5.74, 6) is 0.840. The molecule has 1 aromatic rings. The number of unbranched alkanes of at least 4 members (excludes halogenated alkanes) is 2. The Morgan fingerprint density at radius 2 is 1.46 bits per heavy atom. The second-order valence-corrected chi connectivity index (χ2v) is 7.49. The Kier molecular flexibility index (Phi) is 8.60. The monoisotopic (exact) mass is 400 g/mol. The SMILES string of the molecule is CCCCOc1cc(C(=O)OC(C)(C)C)cc(OCCCC)c1Br. The van der Waals surface area contributed by atoms with Crippen LogP contribution in [-0.4, -0.2) is 24.8 Å². The van der Waals surface area contributed by atoms with E-state index >= 15 is 0 Å². The fourth-order valence-electron chi connectivity index (χ4n) is 1.89. The maximum atomic E-state index is 12.4. The first kappa shape index (κ1) is 20.8. The van der Waals surface area contributed by atoms with Gasteiger partial charge in [0, 0.05) is 0 Å². The van der Waals surface area contributed by atoms with E-state index in [1.165, 1.54) is 0 Å². The zero-order valence-corrected chi connectivity index (χ0v) is 17.0. The number of carbonyl (C=O) groups is 1. The maximum Gasteiger partial charge on any atom is 0.338 e. The molecule has 0 heterocycles. The van der Waals surface area contributed by atoms with Gasteiger partial charge in [-0.05, 0) is 61.7 Å².